The first-order chi connectivity index (χ1) is 50.3. The molecule has 0 rings (SSSR count). The fourth-order valence-electron chi connectivity index (χ4n) is 15.9. The van der Waals surface area contributed by atoms with Gasteiger partial charge in [0, 0.05) is 0 Å². The summed E-state index contributed by atoms with van der Waals surface area (Å²) in [6, 6.07) is 0. The Kier molecular flexibility index (Phi) is 60.0. The van der Waals surface area contributed by atoms with Gasteiger partial charge in [-0.25, -0.2) is 0 Å². The van der Waals surface area contributed by atoms with Gasteiger partial charge in [-0.3, -0.25) is 0 Å². The maximum atomic E-state index is 13.1. The fourth-order valence-corrected chi connectivity index (χ4v) is 15.9. The highest BCUT2D eigenvalue weighted by Gasteiger charge is 2.61. The summed E-state index contributed by atoms with van der Waals surface area (Å²) in [5.41, 5.74) is -14.3. The summed E-state index contributed by atoms with van der Waals surface area (Å²) in [5.74, 6) is -1.30. The van der Waals surface area contributed by atoms with Crippen molar-refractivity contribution in [1.29, 1.82) is 0 Å². The second-order valence-electron chi connectivity index (χ2n) is 35.8. The minimum atomic E-state index is -4.12. The molecule has 0 fully saturated rings. The molecule has 6 atom stereocenters. The van der Waals surface area contributed by atoms with Gasteiger partial charge >= 0.3 is 55.6 Å². The number of alkyl halides is 27. The molecule has 0 heterocycles. The van der Waals surface area contributed by atoms with Gasteiger partial charge in [-0.15, -0.1) is 0 Å². The standard InChI is InChI=1S/C12H23F3.3C11H21F3.C10H19F3.C9H17F3.2C8H15F3.C7H13F3/c1-7-11(6,12(13,14)15)10(8(2)3)9(4)5;1-7(2)9(8(3)4)10(5,6)11(12,13)14;1-6-9(4,7-2)10(5,8-3)11(12,13)14;1-5-8-10(4,11(12,13)14)9(6-2)7-3;1-5-8(6-2)9(4,7-3)10(11,12)13;1-4-6-8(3,7-5-2)9(10,11)12;1-5-7(4,6(2)3)8(9,10)11;1-4-6-7(3,5-2)8(9,10)11;1-4-6(3,5-2)7(8,9)10/h8-10H,7H2,1-6H3;7-9H,1-6H3;6-8H2,1-5H3;9H,5-8H2,1-4H3;8H,5-7H2,1-4H3;4-7H2,1-3H3;6H,5H2,1-4H3;4-6H2,1-3H3;4-5H2,1-3H3/t11-;;2*10-;9-;;2*7-;/m0.000.00./s1. The average Bonchev–Trinajstić information content (AvgIpc) is 0.783. The van der Waals surface area contributed by atoms with Crippen LogP contribution in [0, 0.1) is 107 Å². The van der Waals surface area contributed by atoms with Gasteiger partial charge in [0.15, 0.2) is 0 Å². The highest BCUT2D eigenvalue weighted by molar-refractivity contribution is 4.96. The van der Waals surface area contributed by atoms with Crippen LogP contribution in [0.4, 0.5) is 119 Å². The molecule has 702 valence electrons. The van der Waals surface area contributed by atoms with Crippen LogP contribution in [0.15, 0.2) is 0 Å². The summed E-state index contributed by atoms with van der Waals surface area (Å²) in [6.07, 6.45) is -28.7. The molecule has 0 radical (unpaired) electrons. The predicted molar refractivity (Wildman–Crippen MR) is 423 cm³/mol. The Morgan fingerprint density at radius 3 is 0.509 bits per heavy atom. The SMILES string of the molecule is CC(C)C(C(C)C)C(C)(C)C(F)(F)F.CCC(C)(CC)C(F)(F)F.CCC(C)(CC)[C@](C)(CC)C(F)(F)F.CCC(CC)[C@](C)(CC)C(F)(F)F.CCCC(C)(CCC)C(F)(F)F.CCC[C@@](C)(C(CC)CC)C(F)(F)F.CCC[C@](C)(CC)C(F)(F)F.CC[C@@](C)(C(C(C)C)C(C)C)C(F)(F)F.CC[C@@](C)(C(C)C)C(F)(F)F. The Hall–Kier alpha value is -1.89. The molecule has 114 heavy (non-hydrogen) atoms. The Morgan fingerprint density at radius 2 is 0.421 bits per heavy atom. The third-order valence-corrected chi connectivity index (χ3v) is 26.8. The van der Waals surface area contributed by atoms with Crippen molar-refractivity contribution < 1.29 is 119 Å². The van der Waals surface area contributed by atoms with E-state index in [1.54, 1.807) is 90.0 Å². The van der Waals surface area contributed by atoms with Crippen LogP contribution in [0.5, 0.6) is 0 Å². The zero-order chi connectivity index (χ0) is 94.5. The smallest absolute Gasteiger partial charge is 0.171 e. The summed E-state index contributed by atoms with van der Waals surface area (Å²) in [7, 11) is 0. The lowest BCUT2D eigenvalue weighted by Gasteiger charge is -2.46. The van der Waals surface area contributed by atoms with Crippen LogP contribution in [-0.2, 0) is 0 Å². The van der Waals surface area contributed by atoms with E-state index < -0.39 is 110 Å². The van der Waals surface area contributed by atoms with E-state index >= 15 is 0 Å². The van der Waals surface area contributed by atoms with E-state index in [1.807, 2.05) is 104 Å². The molecule has 0 aromatic carbocycles. The molecule has 0 aromatic rings. The van der Waals surface area contributed by atoms with Crippen molar-refractivity contribution in [2.45, 2.75) is 454 Å². The highest BCUT2D eigenvalue weighted by atomic mass is 19.4. The molecular formula is C87H165F27. The van der Waals surface area contributed by atoms with E-state index in [2.05, 4.69) is 0 Å². The Bertz CT molecular complexity index is 2320. The molecule has 0 aliphatic heterocycles. The lowest BCUT2D eigenvalue weighted by Crippen LogP contribution is -2.47. The van der Waals surface area contributed by atoms with Crippen molar-refractivity contribution in [3.8, 4) is 0 Å². The van der Waals surface area contributed by atoms with Gasteiger partial charge in [0.25, 0.3) is 0 Å². The van der Waals surface area contributed by atoms with Crippen LogP contribution in [-0.4, -0.2) is 55.6 Å². The molecule has 0 aliphatic rings. The lowest BCUT2D eigenvalue weighted by atomic mass is 9.60. The van der Waals surface area contributed by atoms with Gasteiger partial charge < -0.3 is 0 Å². The molecule has 0 nitrogen and oxygen atoms in total. The maximum Gasteiger partial charge on any atom is 0.394 e. The number of hydrogen-bond acceptors (Lipinski definition) is 0. The van der Waals surface area contributed by atoms with E-state index in [1.165, 1.54) is 69.2 Å². The van der Waals surface area contributed by atoms with E-state index in [0.29, 0.717) is 64.2 Å². The zero-order valence-corrected chi connectivity index (χ0v) is 77.8. The van der Waals surface area contributed by atoms with Crippen LogP contribution >= 0.6 is 0 Å². The van der Waals surface area contributed by atoms with Crippen LogP contribution in [0.1, 0.15) is 398 Å². The second-order valence-corrected chi connectivity index (χ2v) is 35.8. The normalized spacial score (nSPS) is 16.6. The summed E-state index contributed by atoms with van der Waals surface area (Å²) >= 11 is 0. The van der Waals surface area contributed by atoms with Gasteiger partial charge in [-0.1, -0.05) is 314 Å². The molecule has 0 aromatic heterocycles. The highest BCUT2D eigenvalue weighted by Crippen LogP contribution is 2.58. The second kappa shape index (κ2) is 52.5. The molecule has 0 bridgehead atoms. The predicted octanol–water partition coefficient (Wildman–Crippen LogP) is 38.3. The Morgan fingerprint density at radius 1 is 0.193 bits per heavy atom. The van der Waals surface area contributed by atoms with Gasteiger partial charge in [0.1, 0.15) is 0 Å². The number of hydrogen-bond donors (Lipinski definition) is 0. The molecule has 0 saturated heterocycles. The minimum Gasteiger partial charge on any atom is -0.171 e. The molecular weight excluding hydrogens is 1560 g/mol. The Labute approximate surface area is 677 Å². The van der Waals surface area contributed by atoms with Gasteiger partial charge in [-0.05, 0) is 142 Å². The molecule has 0 unspecified atom stereocenters. The van der Waals surface area contributed by atoms with Gasteiger partial charge in [0.05, 0.1) is 48.7 Å². The first-order valence-electron chi connectivity index (χ1n) is 41.9. The largest absolute Gasteiger partial charge is 0.394 e. The molecule has 0 spiro atoms. The summed E-state index contributed by atoms with van der Waals surface area (Å²) in [6.45, 7) is 62.4. The van der Waals surface area contributed by atoms with Crippen molar-refractivity contribution >= 4 is 0 Å². The Balaban J connectivity index is -0.000000156. The molecule has 0 saturated carbocycles. The molecule has 0 N–H and O–H groups in total. The van der Waals surface area contributed by atoms with Crippen LogP contribution in [0.3, 0.4) is 0 Å². The van der Waals surface area contributed by atoms with Gasteiger partial charge in [0.2, 0.25) is 0 Å². The topological polar surface area (TPSA) is 0 Å². The number of rotatable bonds is 31. The summed E-state index contributed by atoms with van der Waals surface area (Å²) in [4.78, 5) is 0. The minimum absolute atomic E-state index is 0.0478. The van der Waals surface area contributed by atoms with Crippen molar-refractivity contribution in [2.75, 3.05) is 0 Å². The average molecular weight is 1720 g/mol. The number of halogens is 27. The van der Waals surface area contributed by atoms with Crippen LogP contribution in [0.25, 0.3) is 0 Å². The maximum absolute atomic E-state index is 13.1. The van der Waals surface area contributed by atoms with E-state index in [-0.39, 0.29) is 124 Å². The molecule has 0 amide bonds. The quantitative estimate of drug-likeness (QED) is 0.0607. The van der Waals surface area contributed by atoms with Crippen molar-refractivity contribution in [1.82, 2.24) is 0 Å². The van der Waals surface area contributed by atoms with E-state index in [4.69, 9.17) is 0 Å². The van der Waals surface area contributed by atoms with Crippen molar-refractivity contribution in [3.63, 3.8) is 0 Å². The van der Waals surface area contributed by atoms with E-state index in [0.717, 1.165) is 0 Å². The molecule has 27 heteroatoms. The monoisotopic (exact) mass is 1720 g/mol. The zero-order valence-electron chi connectivity index (χ0n) is 77.8. The van der Waals surface area contributed by atoms with Crippen molar-refractivity contribution in [3.05, 3.63) is 0 Å². The summed E-state index contributed by atoms with van der Waals surface area (Å²) < 4.78 is 341. The van der Waals surface area contributed by atoms with Crippen molar-refractivity contribution in [2.24, 2.45) is 107 Å². The van der Waals surface area contributed by atoms with Crippen LogP contribution < -0.4 is 0 Å². The third kappa shape index (κ3) is 38.3. The van der Waals surface area contributed by atoms with E-state index in [9.17, 15) is 119 Å². The first kappa shape index (κ1) is 130. The summed E-state index contributed by atoms with van der Waals surface area (Å²) in [5, 5.41) is 0. The van der Waals surface area contributed by atoms with Gasteiger partial charge in [-0.2, -0.15) is 119 Å². The fraction of sp³-hybridized carbons (Fsp3) is 1.00. The first-order valence-corrected chi connectivity index (χ1v) is 41.9. The molecule has 0 aliphatic carbocycles. The van der Waals surface area contributed by atoms with Crippen LogP contribution in [0.2, 0.25) is 0 Å². The lowest BCUT2D eigenvalue weighted by molar-refractivity contribution is -0.259. The third-order valence-electron chi connectivity index (χ3n) is 26.8.